The number of aromatic nitrogens is 1. The fraction of sp³-hybridized carbons (Fsp3) is 0. The Labute approximate surface area is 165 Å². The maximum Gasteiger partial charge on any atom is 0.269 e. The molecule has 0 aliphatic carbocycles. The molecule has 0 saturated heterocycles. The van der Waals surface area contributed by atoms with Crippen LogP contribution in [0.25, 0.3) is 24.3 Å². The van der Waals surface area contributed by atoms with Gasteiger partial charge in [-0.2, -0.15) is 4.73 Å². The smallest absolute Gasteiger partial charge is 0.269 e. The average molecular weight is 389 g/mol. The molecule has 0 fully saturated rings. The molecule has 0 N–H and O–H groups in total. The minimum Gasteiger partial charge on any atom is -0.618 e. The summed E-state index contributed by atoms with van der Waals surface area (Å²) >= 11 is 0. The first-order valence-corrected chi connectivity index (χ1v) is 8.52. The van der Waals surface area contributed by atoms with Gasteiger partial charge in [-0.05, 0) is 53.6 Å². The Morgan fingerprint density at radius 2 is 1.00 bits per heavy atom. The molecule has 1 heterocycles. The second-order valence-electron chi connectivity index (χ2n) is 6.03. The number of hydrogen-bond donors (Lipinski definition) is 0. The van der Waals surface area contributed by atoms with Crippen molar-refractivity contribution in [2.75, 3.05) is 0 Å². The van der Waals surface area contributed by atoms with E-state index in [1.165, 1.54) is 24.3 Å². The Morgan fingerprint density at radius 3 is 1.34 bits per heavy atom. The Morgan fingerprint density at radius 1 is 0.621 bits per heavy atom. The lowest BCUT2D eigenvalue weighted by Gasteiger charge is -2.04. The molecule has 2 aromatic carbocycles. The third-order valence-corrected chi connectivity index (χ3v) is 4.10. The largest absolute Gasteiger partial charge is 0.618 e. The van der Waals surface area contributed by atoms with E-state index in [4.69, 9.17) is 0 Å². The van der Waals surface area contributed by atoms with Crippen molar-refractivity contribution in [2.24, 2.45) is 0 Å². The summed E-state index contributed by atoms with van der Waals surface area (Å²) in [5.41, 5.74) is 2.24. The first kappa shape index (κ1) is 19.4. The van der Waals surface area contributed by atoms with Gasteiger partial charge in [0.25, 0.3) is 11.4 Å². The summed E-state index contributed by atoms with van der Waals surface area (Å²) in [4.78, 5) is 20.4. The lowest BCUT2D eigenvalue weighted by atomic mass is 10.1. The summed E-state index contributed by atoms with van der Waals surface area (Å²) in [6, 6.07) is 17.0. The summed E-state index contributed by atoms with van der Waals surface area (Å²) in [5, 5.41) is 33.9. The summed E-state index contributed by atoms with van der Waals surface area (Å²) in [6.07, 6.45) is 6.63. The molecule has 1 aromatic heterocycles. The molecule has 8 nitrogen and oxygen atoms in total. The molecule has 0 spiro atoms. The van der Waals surface area contributed by atoms with E-state index in [-0.39, 0.29) is 11.4 Å². The van der Waals surface area contributed by atoms with Crippen molar-refractivity contribution in [2.45, 2.75) is 0 Å². The van der Waals surface area contributed by atoms with Gasteiger partial charge in [0.05, 0.1) is 9.85 Å². The summed E-state index contributed by atoms with van der Waals surface area (Å²) in [6.45, 7) is 0. The predicted molar refractivity (Wildman–Crippen MR) is 109 cm³/mol. The van der Waals surface area contributed by atoms with E-state index in [2.05, 4.69) is 0 Å². The minimum atomic E-state index is -0.472. The molecule has 29 heavy (non-hydrogen) atoms. The van der Waals surface area contributed by atoms with Gasteiger partial charge in [0, 0.05) is 48.6 Å². The standard InChI is InChI=1S/C21H15N3O5/c25-22-18(10-4-16-6-12-20(13-7-16)23(26)27)2-1-3-19(22)11-5-17-8-14-21(15-9-17)24(28)29/h1-15H. The van der Waals surface area contributed by atoms with Crippen molar-refractivity contribution in [3.05, 3.63) is 115 Å². The van der Waals surface area contributed by atoms with Gasteiger partial charge in [-0.3, -0.25) is 20.2 Å². The van der Waals surface area contributed by atoms with E-state index in [9.17, 15) is 25.4 Å². The highest BCUT2D eigenvalue weighted by Crippen LogP contribution is 2.15. The second kappa shape index (κ2) is 8.57. The van der Waals surface area contributed by atoms with Crippen molar-refractivity contribution in [1.29, 1.82) is 0 Å². The van der Waals surface area contributed by atoms with E-state index >= 15 is 0 Å². The predicted octanol–water partition coefficient (Wildman–Crippen LogP) is 4.48. The second-order valence-corrected chi connectivity index (χ2v) is 6.03. The van der Waals surface area contributed by atoms with Crippen LogP contribution in [0, 0.1) is 25.4 Å². The molecule has 144 valence electrons. The van der Waals surface area contributed by atoms with Gasteiger partial charge >= 0.3 is 0 Å². The maximum absolute atomic E-state index is 12.5. The molecule has 3 aromatic rings. The molecule has 0 aliphatic heterocycles. The van der Waals surface area contributed by atoms with Crippen LogP contribution in [0.15, 0.2) is 66.7 Å². The van der Waals surface area contributed by atoms with Crippen LogP contribution < -0.4 is 4.73 Å². The van der Waals surface area contributed by atoms with E-state index < -0.39 is 9.85 Å². The Balaban J connectivity index is 1.78. The normalized spacial score (nSPS) is 11.2. The van der Waals surface area contributed by atoms with E-state index in [1.807, 2.05) is 0 Å². The third-order valence-electron chi connectivity index (χ3n) is 4.10. The number of benzene rings is 2. The van der Waals surface area contributed by atoms with Crippen LogP contribution in [-0.4, -0.2) is 9.85 Å². The fourth-order valence-corrected chi connectivity index (χ4v) is 2.55. The topological polar surface area (TPSA) is 113 Å². The maximum atomic E-state index is 12.5. The quantitative estimate of drug-likeness (QED) is 0.267. The van der Waals surface area contributed by atoms with Crippen LogP contribution in [0.3, 0.4) is 0 Å². The van der Waals surface area contributed by atoms with Gasteiger partial charge < -0.3 is 5.21 Å². The highest BCUT2D eigenvalue weighted by atomic mass is 16.6. The molecule has 0 radical (unpaired) electrons. The van der Waals surface area contributed by atoms with Crippen LogP contribution in [0.4, 0.5) is 11.4 Å². The van der Waals surface area contributed by atoms with E-state index in [1.54, 1.807) is 66.8 Å². The van der Waals surface area contributed by atoms with E-state index in [0.29, 0.717) is 11.4 Å². The highest BCUT2D eigenvalue weighted by Gasteiger charge is 2.07. The Hall–Kier alpha value is -4.33. The zero-order chi connectivity index (χ0) is 20.8. The summed E-state index contributed by atoms with van der Waals surface area (Å²) in [7, 11) is 0. The third kappa shape index (κ3) is 4.89. The number of nitrogens with zero attached hydrogens (tertiary/aromatic N) is 3. The minimum absolute atomic E-state index is 0.000539. The summed E-state index contributed by atoms with van der Waals surface area (Å²) in [5.74, 6) is 0. The molecule has 0 bridgehead atoms. The first-order valence-electron chi connectivity index (χ1n) is 8.52. The van der Waals surface area contributed by atoms with Gasteiger partial charge in [0.15, 0.2) is 0 Å². The Kier molecular flexibility index (Phi) is 5.74. The van der Waals surface area contributed by atoms with Gasteiger partial charge in [0.2, 0.25) is 11.4 Å². The average Bonchev–Trinajstić information content (AvgIpc) is 2.72. The van der Waals surface area contributed by atoms with Gasteiger partial charge in [0.1, 0.15) is 0 Å². The van der Waals surface area contributed by atoms with Gasteiger partial charge in [-0.25, -0.2) is 0 Å². The monoisotopic (exact) mass is 389 g/mol. The fourth-order valence-electron chi connectivity index (χ4n) is 2.55. The van der Waals surface area contributed by atoms with Crippen molar-refractivity contribution in [3.63, 3.8) is 0 Å². The number of non-ortho nitro benzene ring substituents is 2. The van der Waals surface area contributed by atoms with Crippen molar-refractivity contribution >= 4 is 35.7 Å². The lowest BCUT2D eigenvalue weighted by Crippen LogP contribution is -2.33. The van der Waals surface area contributed by atoms with Crippen LogP contribution >= 0.6 is 0 Å². The van der Waals surface area contributed by atoms with Crippen molar-refractivity contribution < 1.29 is 14.6 Å². The van der Waals surface area contributed by atoms with Gasteiger partial charge in [-0.15, -0.1) is 0 Å². The number of nitro benzene ring substituents is 2. The van der Waals surface area contributed by atoms with E-state index in [0.717, 1.165) is 15.9 Å². The molecule has 8 heteroatoms. The number of rotatable bonds is 6. The number of nitro groups is 2. The number of pyridine rings is 1. The SMILES string of the molecule is O=[N+]([O-])c1ccc(C=Cc2cccc(C=Cc3ccc([N+](=O)[O-])cc3)[n+]2[O-])cc1. The summed E-state index contributed by atoms with van der Waals surface area (Å²) < 4.78 is 0.754. The number of hydrogen-bond acceptors (Lipinski definition) is 5. The molecule has 0 unspecified atom stereocenters. The lowest BCUT2D eigenvalue weighted by molar-refractivity contribution is -0.609. The van der Waals surface area contributed by atoms with Crippen molar-refractivity contribution in [3.8, 4) is 0 Å². The van der Waals surface area contributed by atoms with Gasteiger partial charge in [-0.1, -0.05) is 0 Å². The van der Waals surface area contributed by atoms with Crippen LogP contribution in [0.5, 0.6) is 0 Å². The first-order chi connectivity index (χ1) is 13.9. The Bertz CT molecular complexity index is 1020. The highest BCUT2D eigenvalue weighted by molar-refractivity contribution is 5.69. The van der Waals surface area contributed by atoms with Crippen molar-refractivity contribution in [1.82, 2.24) is 0 Å². The molecular weight excluding hydrogens is 374 g/mol. The zero-order valence-corrected chi connectivity index (χ0v) is 15.0. The van der Waals surface area contributed by atoms with Crippen LogP contribution in [0.2, 0.25) is 0 Å². The molecule has 0 amide bonds. The zero-order valence-electron chi connectivity index (χ0n) is 15.0. The molecule has 0 saturated carbocycles. The van der Waals surface area contributed by atoms with Crippen LogP contribution in [-0.2, 0) is 0 Å². The van der Waals surface area contributed by atoms with Crippen LogP contribution in [0.1, 0.15) is 22.5 Å². The molecule has 3 rings (SSSR count). The molecule has 0 aliphatic rings. The molecule has 0 atom stereocenters. The molecular formula is C21H15N3O5.